The third kappa shape index (κ3) is 6.58. The van der Waals surface area contributed by atoms with E-state index in [9.17, 15) is 23.9 Å². The predicted molar refractivity (Wildman–Crippen MR) is 131 cm³/mol. The number of aliphatic hydroxyl groups is 1. The first-order valence-electron chi connectivity index (χ1n) is 13.4. The van der Waals surface area contributed by atoms with Crippen LogP contribution in [0.15, 0.2) is 0 Å². The molecule has 3 unspecified atom stereocenters. The maximum absolute atomic E-state index is 13.8. The van der Waals surface area contributed by atoms with Crippen LogP contribution >= 0.6 is 11.6 Å². The second kappa shape index (κ2) is 11.6. The van der Waals surface area contributed by atoms with E-state index in [1.54, 1.807) is 6.92 Å². The number of fused-ring (bicyclic) bond motifs is 3. The van der Waals surface area contributed by atoms with E-state index >= 15 is 0 Å². The first-order valence-corrected chi connectivity index (χ1v) is 13.9. The van der Waals surface area contributed by atoms with Gasteiger partial charge in [0.2, 0.25) is 11.8 Å². The lowest BCUT2D eigenvalue weighted by Crippen LogP contribution is -2.70. The van der Waals surface area contributed by atoms with E-state index in [-0.39, 0.29) is 55.4 Å². The van der Waals surface area contributed by atoms with E-state index in [2.05, 4.69) is 10.6 Å². The number of ether oxygens (including phenoxy) is 2. The molecular formula is C26H40ClFN2O6. The summed E-state index contributed by atoms with van der Waals surface area (Å²) in [5.41, 5.74) is -1.22. The number of ketones is 1. The molecule has 0 spiro atoms. The Kier molecular flexibility index (Phi) is 8.95. The molecule has 5 aliphatic rings. The smallest absolute Gasteiger partial charge is 0.246 e. The van der Waals surface area contributed by atoms with E-state index in [1.165, 1.54) is 0 Å². The number of aliphatic hydroxyl groups excluding tert-OH is 1. The van der Waals surface area contributed by atoms with Gasteiger partial charge in [-0.05, 0) is 77.6 Å². The molecule has 8 nitrogen and oxygen atoms in total. The Morgan fingerprint density at radius 3 is 2.08 bits per heavy atom. The second-order valence-corrected chi connectivity index (χ2v) is 12.0. The van der Waals surface area contributed by atoms with Gasteiger partial charge in [0.05, 0.1) is 29.2 Å². The van der Waals surface area contributed by atoms with E-state index in [1.807, 2.05) is 0 Å². The van der Waals surface area contributed by atoms with E-state index in [4.69, 9.17) is 21.1 Å². The largest absolute Gasteiger partial charge is 0.391 e. The van der Waals surface area contributed by atoms with Gasteiger partial charge in [0, 0.05) is 17.9 Å². The summed E-state index contributed by atoms with van der Waals surface area (Å²) in [6, 6.07) is 0. The molecule has 0 radical (unpaired) electrons. The molecule has 2 amide bonds. The monoisotopic (exact) mass is 530 g/mol. The summed E-state index contributed by atoms with van der Waals surface area (Å²) in [6.45, 7) is 1.42. The molecule has 10 heteroatoms. The molecule has 0 aliphatic heterocycles. The molecule has 5 fully saturated rings. The van der Waals surface area contributed by atoms with Crippen LogP contribution in [-0.4, -0.2) is 76.9 Å². The van der Waals surface area contributed by atoms with Crippen LogP contribution in [0, 0.1) is 5.92 Å². The van der Waals surface area contributed by atoms with Crippen molar-refractivity contribution in [2.75, 3.05) is 13.2 Å². The first kappa shape index (κ1) is 27.7. The van der Waals surface area contributed by atoms with Crippen molar-refractivity contribution in [3.05, 3.63) is 0 Å². The highest BCUT2D eigenvalue weighted by Crippen LogP contribution is 2.47. The van der Waals surface area contributed by atoms with Crippen molar-refractivity contribution >= 4 is 29.2 Å². The number of amides is 2. The number of alkyl halides is 2. The van der Waals surface area contributed by atoms with Gasteiger partial charge in [-0.15, -0.1) is 11.6 Å². The fourth-order valence-corrected chi connectivity index (χ4v) is 6.75. The topological polar surface area (TPSA) is 114 Å². The Hall–Kier alpha value is -1.29. The number of hydrogen-bond donors (Lipinski definition) is 3. The summed E-state index contributed by atoms with van der Waals surface area (Å²) in [7, 11) is 0. The molecular weight excluding hydrogens is 491 g/mol. The van der Waals surface area contributed by atoms with Crippen molar-refractivity contribution in [2.45, 2.75) is 125 Å². The SMILES string of the molecule is CC(=O)C1CCC(OCC(=O)NC23CCC(NC(=O)COC4CCC(Cl)C(F)C4)(CC2)C[C@@H]3O)CC1. The van der Waals surface area contributed by atoms with Crippen LogP contribution in [-0.2, 0) is 23.9 Å². The zero-order valence-corrected chi connectivity index (χ0v) is 21.9. The van der Waals surface area contributed by atoms with Crippen molar-refractivity contribution in [3.8, 4) is 0 Å². The van der Waals surface area contributed by atoms with E-state index < -0.39 is 28.7 Å². The number of halogens is 2. The number of carbonyl (C=O) groups excluding carboxylic acids is 3. The Morgan fingerprint density at radius 2 is 1.50 bits per heavy atom. The maximum Gasteiger partial charge on any atom is 0.246 e. The van der Waals surface area contributed by atoms with Gasteiger partial charge < -0.3 is 25.2 Å². The van der Waals surface area contributed by atoms with Crippen LogP contribution in [0.25, 0.3) is 0 Å². The van der Waals surface area contributed by atoms with Gasteiger partial charge >= 0.3 is 0 Å². The van der Waals surface area contributed by atoms with Crippen LogP contribution in [0.4, 0.5) is 4.39 Å². The fourth-order valence-electron chi connectivity index (χ4n) is 6.52. The van der Waals surface area contributed by atoms with Gasteiger partial charge in [0.1, 0.15) is 25.2 Å². The normalized spacial score (nSPS) is 40.4. The number of Topliss-reactive ketones (excluding diaryl/α,β-unsaturated/α-hetero) is 1. The van der Waals surface area contributed by atoms with Crippen LogP contribution < -0.4 is 10.6 Å². The quantitative estimate of drug-likeness (QED) is 0.395. The number of hydrogen-bond acceptors (Lipinski definition) is 6. The third-order valence-electron chi connectivity index (χ3n) is 8.91. The van der Waals surface area contributed by atoms with Crippen molar-refractivity contribution in [1.82, 2.24) is 10.6 Å². The summed E-state index contributed by atoms with van der Waals surface area (Å²) in [5, 5.41) is 16.5. The molecule has 2 bridgehead atoms. The third-order valence-corrected chi connectivity index (χ3v) is 9.40. The van der Waals surface area contributed by atoms with Gasteiger partial charge in [-0.2, -0.15) is 0 Å². The fraction of sp³-hybridized carbons (Fsp3) is 0.885. The predicted octanol–water partition coefficient (Wildman–Crippen LogP) is 2.71. The molecule has 0 saturated heterocycles. The number of rotatable bonds is 9. The van der Waals surface area contributed by atoms with Crippen molar-refractivity contribution < 1.29 is 33.4 Å². The molecule has 5 aliphatic carbocycles. The average molecular weight is 531 g/mol. The summed E-state index contributed by atoms with van der Waals surface area (Å²) in [6.07, 6.45) is 5.10. The standard InChI is InChI=1S/C26H40ClFN2O6/c1-16(31)17-2-4-18(5-3-17)35-15-24(34)30-26-10-8-25(9-11-26,13-22(26)32)29-23(33)14-36-19-6-7-20(27)21(28)12-19/h17-22,32H,2-15H2,1H3,(H,29,33)(H,30,34)/t17?,18?,19?,20?,21?,22-,25?,26?/m0/s1. The molecule has 0 heterocycles. The molecule has 3 N–H and O–H groups in total. The molecule has 4 atom stereocenters. The molecule has 5 saturated carbocycles. The Morgan fingerprint density at radius 1 is 0.917 bits per heavy atom. The van der Waals surface area contributed by atoms with Crippen molar-refractivity contribution in [1.29, 1.82) is 0 Å². The van der Waals surface area contributed by atoms with Crippen molar-refractivity contribution in [2.24, 2.45) is 5.92 Å². The Labute approximate surface area is 217 Å². The number of carbonyl (C=O) groups is 3. The van der Waals surface area contributed by atoms with E-state index in [0.29, 0.717) is 44.9 Å². The van der Waals surface area contributed by atoms with Crippen LogP contribution in [0.1, 0.15) is 84.0 Å². The average Bonchev–Trinajstić information content (AvgIpc) is 2.85. The minimum absolute atomic E-state index is 0.0164. The maximum atomic E-state index is 13.8. The van der Waals surface area contributed by atoms with Gasteiger partial charge in [0.15, 0.2) is 0 Å². The van der Waals surface area contributed by atoms with Gasteiger partial charge in [-0.3, -0.25) is 14.4 Å². The molecule has 5 rings (SSSR count). The molecule has 204 valence electrons. The zero-order chi connectivity index (χ0) is 25.9. The van der Waals surface area contributed by atoms with E-state index in [0.717, 1.165) is 25.7 Å². The minimum atomic E-state index is -1.12. The summed E-state index contributed by atoms with van der Waals surface area (Å²) in [5.74, 6) is -0.181. The first-order chi connectivity index (χ1) is 17.1. The highest BCUT2D eigenvalue weighted by molar-refractivity contribution is 6.21. The van der Waals surface area contributed by atoms with Gasteiger partial charge in [-0.1, -0.05) is 0 Å². The highest BCUT2D eigenvalue weighted by Gasteiger charge is 2.55. The summed E-state index contributed by atoms with van der Waals surface area (Å²) >= 11 is 5.91. The lowest BCUT2D eigenvalue weighted by Gasteiger charge is -2.56. The van der Waals surface area contributed by atoms with Crippen LogP contribution in [0.5, 0.6) is 0 Å². The highest BCUT2D eigenvalue weighted by atomic mass is 35.5. The summed E-state index contributed by atoms with van der Waals surface area (Å²) < 4.78 is 25.3. The molecule has 36 heavy (non-hydrogen) atoms. The van der Waals surface area contributed by atoms with Gasteiger partial charge in [0.25, 0.3) is 0 Å². The Bertz CT molecular complexity index is 812. The molecule has 0 aromatic rings. The zero-order valence-electron chi connectivity index (χ0n) is 21.1. The van der Waals surface area contributed by atoms with Crippen LogP contribution in [0.2, 0.25) is 0 Å². The summed E-state index contributed by atoms with van der Waals surface area (Å²) in [4.78, 5) is 36.8. The minimum Gasteiger partial charge on any atom is -0.391 e. The van der Waals surface area contributed by atoms with Crippen molar-refractivity contribution in [3.63, 3.8) is 0 Å². The number of nitrogens with one attached hydrogen (secondary N) is 2. The molecule has 0 aromatic heterocycles. The lowest BCUT2D eigenvalue weighted by molar-refractivity contribution is -0.142. The van der Waals surface area contributed by atoms with Crippen LogP contribution in [0.3, 0.4) is 0 Å². The lowest BCUT2D eigenvalue weighted by atomic mass is 9.60. The molecule has 0 aromatic carbocycles. The van der Waals surface area contributed by atoms with Gasteiger partial charge in [-0.25, -0.2) is 4.39 Å². The second-order valence-electron chi connectivity index (χ2n) is 11.4. The Balaban J connectivity index is 1.19.